The predicted molar refractivity (Wildman–Crippen MR) is 117 cm³/mol. The summed E-state index contributed by atoms with van der Waals surface area (Å²) in [5.74, 6) is 0. The van der Waals surface area contributed by atoms with E-state index < -0.39 is 97.3 Å². The van der Waals surface area contributed by atoms with Crippen molar-refractivity contribution in [2.45, 2.75) is 111 Å². The summed E-state index contributed by atoms with van der Waals surface area (Å²) >= 11 is 0. The molecule has 0 amide bonds. The lowest BCUT2D eigenvalue weighted by molar-refractivity contribution is -0.336. The van der Waals surface area contributed by atoms with Crippen LogP contribution < -0.4 is 22.5 Å². The molecule has 0 bridgehead atoms. The van der Waals surface area contributed by atoms with Crippen LogP contribution in [0.5, 0.6) is 0 Å². The second-order valence-corrected chi connectivity index (χ2v) is 9.93. The van der Waals surface area contributed by atoms with Gasteiger partial charge in [0.25, 0.3) is 0 Å². The van der Waals surface area contributed by atoms with Gasteiger partial charge in [-0.3, -0.25) is 0 Å². The molecule has 1 saturated carbocycles. The maximum atomic E-state index is 11.0. The van der Waals surface area contributed by atoms with Gasteiger partial charge in [0.05, 0.1) is 30.8 Å². The van der Waals surface area contributed by atoms with Gasteiger partial charge in [-0.1, -0.05) is 0 Å². The van der Waals surface area contributed by atoms with Gasteiger partial charge < -0.3 is 77.2 Å². The Kier molecular flexibility index (Phi) is 9.12. The molecule has 206 valence electrons. The summed E-state index contributed by atoms with van der Waals surface area (Å²) in [6.07, 6.45) is -16.1. The predicted octanol–water partition coefficient (Wildman–Crippen LogP) is -6.64. The topological polar surface area (TPSA) is 269 Å². The highest BCUT2D eigenvalue weighted by molar-refractivity contribution is 5.06. The van der Waals surface area contributed by atoms with Crippen molar-refractivity contribution in [2.75, 3.05) is 13.7 Å². The molecular weight excluding hydrogens is 472 g/mol. The summed E-state index contributed by atoms with van der Waals surface area (Å²) in [7, 11) is 1.54. The van der Waals surface area contributed by atoms with Crippen LogP contribution in [0.3, 0.4) is 0 Å². The second-order valence-electron chi connectivity index (χ2n) is 9.93. The molecule has 3 rings (SSSR count). The van der Waals surface area contributed by atoms with E-state index >= 15 is 0 Å². The zero-order valence-corrected chi connectivity index (χ0v) is 19.9. The van der Waals surface area contributed by atoms with Gasteiger partial charge >= 0.3 is 0 Å². The Morgan fingerprint density at radius 2 is 1.40 bits per heavy atom. The standard InChI is InChI=1S/C20H40N4O11/c1-5(21)14-10(27)9(26)11(28)19(33-14)35-16-7(23)8(25)6(22)15(12(16)29)34-18-13(30)17(24-3)20(2,31)4-32-18/h5-19,24-31H,4,21-23H2,1-3H3. The zero-order valence-electron chi connectivity index (χ0n) is 19.9. The Balaban J connectivity index is 1.78. The second kappa shape index (κ2) is 11.0. The number of nitrogens with two attached hydrogens (primary N) is 3. The van der Waals surface area contributed by atoms with Crippen LogP contribution in [-0.4, -0.2) is 147 Å². The molecule has 0 aromatic rings. The lowest BCUT2D eigenvalue weighted by atomic mass is 9.81. The monoisotopic (exact) mass is 512 g/mol. The number of aliphatic hydroxyl groups excluding tert-OH is 6. The van der Waals surface area contributed by atoms with Crippen LogP contribution in [0.25, 0.3) is 0 Å². The summed E-state index contributed by atoms with van der Waals surface area (Å²) in [6.45, 7) is 2.79. The summed E-state index contributed by atoms with van der Waals surface area (Å²) in [5, 5.41) is 76.2. The maximum Gasteiger partial charge on any atom is 0.187 e. The molecule has 1 aliphatic carbocycles. The van der Waals surface area contributed by atoms with E-state index in [1.165, 1.54) is 20.9 Å². The molecule has 3 fully saturated rings. The van der Waals surface area contributed by atoms with Gasteiger partial charge in [-0.2, -0.15) is 0 Å². The molecular formula is C20H40N4O11. The van der Waals surface area contributed by atoms with E-state index in [0.29, 0.717) is 0 Å². The van der Waals surface area contributed by atoms with Gasteiger partial charge in [0, 0.05) is 6.04 Å². The summed E-state index contributed by atoms with van der Waals surface area (Å²) < 4.78 is 22.4. The van der Waals surface area contributed by atoms with Crippen LogP contribution >= 0.6 is 0 Å². The van der Waals surface area contributed by atoms with Gasteiger partial charge in [-0.15, -0.1) is 0 Å². The number of rotatable bonds is 6. The molecule has 0 aromatic carbocycles. The van der Waals surface area contributed by atoms with Crippen molar-refractivity contribution in [3.63, 3.8) is 0 Å². The van der Waals surface area contributed by atoms with Gasteiger partial charge in [0.15, 0.2) is 12.6 Å². The van der Waals surface area contributed by atoms with Crippen LogP contribution in [0.1, 0.15) is 13.8 Å². The highest BCUT2D eigenvalue weighted by Crippen LogP contribution is 2.32. The molecule has 0 aromatic heterocycles. The molecule has 2 saturated heterocycles. The Morgan fingerprint density at radius 3 is 1.91 bits per heavy atom. The average Bonchev–Trinajstić information content (AvgIpc) is 2.79. The molecule has 2 heterocycles. The Hall–Kier alpha value is -0.600. The SMILES string of the molecule is CNC1C(O)C(OC2C(N)C(O)C(N)C(OC3OC(C(C)N)C(O)C(O)C3O)C2O)OCC1(C)O. The number of hydrogen-bond acceptors (Lipinski definition) is 15. The molecule has 0 radical (unpaired) electrons. The van der Waals surface area contributed by atoms with E-state index in [2.05, 4.69) is 5.32 Å². The lowest BCUT2D eigenvalue weighted by Gasteiger charge is -2.50. The molecule has 15 nitrogen and oxygen atoms in total. The van der Waals surface area contributed by atoms with Gasteiger partial charge in [0.2, 0.25) is 0 Å². The Bertz CT molecular complexity index is 706. The minimum Gasteiger partial charge on any atom is -0.390 e. The van der Waals surface area contributed by atoms with Crippen molar-refractivity contribution in [1.29, 1.82) is 0 Å². The van der Waals surface area contributed by atoms with E-state index in [1.807, 2.05) is 0 Å². The third-order valence-electron chi connectivity index (χ3n) is 7.07. The third kappa shape index (κ3) is 5.50. The Labute approximate surface area is 202 Å². The first-order chi connectivity index (χ1) is 16.2. The van der Waals surface area contributed by atoms with E-state index in [4.69, 9.17) is 36.1 Å². The van der Waals surface area contributed by atoms with Crippen LogP contribution in [0.2, 0.25) is 0 Å². The molecule has 14 N–H and O–H groups in total. The van der Waals surface area contributed by atoms with Crippen molar-refractivity contribution < 1.29 is 54.7 Å². The number of likely N-dealkylation sites (N-methyl/N-ethyl adjacent to an activating group) is 1. The maximum absolute atomic E-state index is 11.0. The van der Waals surface area contributed by atoms with Crippen molar-refractivity contribution in [2.24, 2.45) is 17.2 Å². The lowest BCUT2D eigenvalue weighted by Crippen LogP contribution is -2.73. The van der Waals surface area contributed by atoms with Crippen molar-refractivity contribution in [3.8, 4) is 0 Å². The number of ether oxygens (including phenoxy) is 4. The smallest absolute Gasteiger partial charge is 0.187 e. The van der Waals surface area contributed by atoms with Gasteiger partial charge in [-0.25, -0.2) is 0 Å². The molecule has 2 aliphatic heterocycles. The molecule has 35 heavy (non-hydrogen) atoms. The van der Waals surface area contributed by atoms with Gasteiger partial charge in [0.1, 0.15) is 54.4 Å². The van der Waals surface area contributed by atoms with Crippen molar-refractivity contribution >= 4 is 0 Å². The first-order valence-corrected chi connectivity index (χ1v) is 11.6. The van der Waals surface area contributed by atoms with E-state index in [0.717, 1.165) is 0 Å². The number of hydrogen-bond donors (Lipinski definition) is 11. The molecule has 16 atom stereocenters. The fourth-order valence-electron chi connectivity index (χ4n) is 4.93. The summed E-state index contributed by atoms with van der Waals surface area (Å²) in [5.41, 5.74) is 16.5. The van der Waals surface area contributed by atoms with E-state index in [9.17, 15) is 35.7 Å². The largest absolute Gasteiger partial charge is 0.390 e. The van der Waals surface area contributed by atoms with E-state index in [1.54, 1.807) is 0 Å². The zero-order chi connectivity index (χ0) is 26.4. The highest BCUT2D eigenvalue weighted by Gasteiger charge is 2.54. The van der Waals surface area contributed by atoms with E-state index in [-0.39, 0.29) is 6.61 Å². The minimum absolute atomic E-state index is 0.207. The fourth-order valence-corrected chi connectivity index (χ4v) is 4.93. The Morgan fingerprint density at radius 1 is 0.857 bits per heavy atom. The molecule has 16 unspecified atom stereocenters. The first kappa shape index (κ1) is 29.0. The molecule has 3 aliphatic rings. The normalized spacial score (nSPS) is 54.4. The van der Waals surface area contributed by atoms with Gasteiger partial charge in [-0.05, 0) is 20.9 Å². The average molecular weight is 513 g/mol. The number of nitrogens with one attached hydrogen (secondary N) is 1. The molecule has 0 spiro atoms. The van der Waals surface area contributed by atoms with Crippen LogP contribution in [0.15, 0.2) is 0 Å². The number of aliphatic hydroxyl groups is 7. The highest BCUT2D eigenvalue weighted by atomic mass is 16.7. The van der Waals surface area contributed by atoms with Crippen molar-refractivity contribution in [3.05, 3.63) is 0 Å². The van der Waals surface area contributed by atoms with Crippen LogP contribution in [-0.2, 0) is 18.9 Å². The quantitative estimate of drug-likeness (QED) is 0.158. The van der Waals surface area contributed by atoms with Crippen molar-refractivity contribution in [1.82, 2.24) is 5.32 Å². The van der Waals surface area contributed by atoms with Crippen LogP contribution in [0.4, 0.5) is 0 Å². The molecule has 15 heteroatoms. The summed E-state index contributed by atoms with van der Waals surface area (Å²) in [6, 6.07) is -4.09. The minimum atomic E-state index is -1.73. The van der Waals surface area contributed by atoms with Crippen LogP contribution in [0, 0.1) is 0 Å². The first-order valence-electron chi connectivity index (χ1n) is 11.6. The summed E-state index contributed by atoms with van der Waals surface area (Å²) in [4.78, 5) is 0. The fraction of sp³-hybridized carbons (Fsp3) is 1.00. The third-order valence-corrected chi connectivity index (χ3v) is 7.07.